The molecule has 0 bridgehead atoms. The van der Waals surface area contributed by atoms with Crippen molar-refractivity contribution in [1.29, 1.82) is 0 Å². The fourth-order valence-electron chi connectivity index (χ4n) is 2.62. The van der Waals surface area contributed by atoms with E-state index in [1.165, 1.54) is 17.9 Å². The molecule has 9 heteroatoms. The number of carbonyl (C=O) groups is 1. The Balaban J connectivity index is 1.85. The molecule has 0 spiro atoms. The average Bonchev–Trinajstić information content (AvgIpc) is 2.91. The Morgan fingerprint density at radius 3 is 2.65 bits per heavy atom. The van der Waals surface area contributed by atoms with Gasteiger partial charge in [0.1, 0.15) is 17.5 Å². The predicted molar refractivity (Wildman–Crippen MR) is 97.7 cm³/mol. The highest BCUT2D eigenvalue weighted by atomic mass is 35.5. The zero-order chi connectivity index (χ0) is 19.0. The van der Waals surface area contributed by atoms with Crippen LogP contribution in [0.15, 0.2) is 33.7 Å². The van der Waals surface area contributed by atoms with Crippen molar-refractivity contribution in [3.8, 4) is 0 Å². The lowest BCUT2D eigenvalue weighted by molar-refractivity contribution is 0.0916. The minimum Gasteiger partial charge on any atom is -0.442 e. The van der Waals surface area contributed by atoms with Crippen LogP contribution < -0.4 is 10.9 Å². The Labute approximate surface area is 158 Å². The molecule has 2 aromatic heterocycles. The van der Waals surface area contributed by atoms with Gasteiger partial charge in [0.05, 0.1) is 11.7 Å². The van der Waals surface area contributed by atoms with Crippen LogP contribution in [0.4, 0.5) is 0 Å². The second-order valence-electron chi connectivity index (χ2n) is 5.80. The van der Waals surface area contributed by atoms with Crippen LogP contribution in [0, 0.1) is 6.92 Å². The second-order valence-corrected chi connectivity index (χ2v) is 6.68. The molecule has 0 saturated carbocycles. The van der Waals surface area contributed by atoms with Gasteiger partial charge in [-0.05, 0) is 30.7 Å². The van der Waals surface area contributed by atoms with Crippen molar-refractivity contribution in [2.45, 2.75) is 13.0 Å². The molecule has 1 aromatic carbocycles. The van der Waals surface area contributed by atoms with E-state index in [1.54, 1.807) is 25.1 Å². The third-order valence-corrected chi connectivity index (χ3v) is 4.34. The smallest absolute Gasteiger partial charge is 0.265 e. The normalized spacial score (nSPS) is 12.3. The molecule has 3 rings (SSSR count). The van der Waals surface area contributed by atoms with Crippen molar-refractivity contribution in [2.24, 2.45) is 7.05 Å². The molecule has 2 N–H and O–H groups in total. The fourth-order valence-corrected chi connectivity index (χ4v) is 3.17. The molecule has 3 aromatic rings. The number of amides is 1. The van der Waals surface area contributed by atoms with Crippen molar-refractivity contribution in [3.63, 3.8) is 0 Å². The molecule has 136 valence electrons. The largest absolute Gasteiger partial charge is 0.442 e. The van der Waals surface area contributed by atoms with Crippen molar-refractivity contribution in [3.05, 3.63) is 61.8 Å². The number of rotatable bonds is 4. The first kappa shape index (κ1) is 18.4. The summed E-state index contributed by atoms with van der Waals surface area (Å²) in [6, 6.07) is 4.66. The molecule has 0 radical (unpaired) electrons. The van der Waals surface area contributed by atoms with Gasteiger partial charge in [-0.25, -0.2) is 4.98 Å². The van der Waals surface area contributed by atoms with Crippen LogP contribution in [0.2, 0.25) is 10.0 Å². The van der Waals surface area contributed by atoms with E-state index in [2.05, 4.69) is 10.3 Å². The number of aromatic nitrogens is 2. The molecule has 0 aliphatic rings. The van der Waals surface area contributed by atoms with Gasteiger partial charge in [0.15, 0.2) is 0 Å². The predicted octanol–water partition coefficient (Wildman–Crippen LogP) is 2.61. The zero-order valence-electron chi connectivity index (χ0n) is 13.9. The topological polar surface area (TPSA) is 97.4 Å². The summed E-state index contributed by atoms with van der Waals surface area (Å²) in [4.78, 5) is 28.9. The maximum absolute atomic E-state index is 12.6. The molecule has 0 fully saturated rings. The maximum Gasteiger partial charge on any atom is 0.265 e. The highest BCUT2D eigenvalue weighted by Gasteiger charge is 2.23. The zero-order valence-corrected chi connectivity index (χ0v) is 15.4. The van der Waals surface area contributed by atoms with Crippen LogP contribution in [-0.2, 0) is 7.05 Å². The van der Waals surface area contributed by atoms with E-state index in [0.29, 0.717) is 15.6 Å². The fraction of sp³-hybridized carbons (Fsp3) is 0.235. The first-order valence-corrected chi connectivity index (χ1v) is 8.40. The van der Waals surface area contributed by atoms with Crippen LogP contribution in [0.3, 0.4) is 0 Å². The Morgan fingerprint density at radius 2 is 2.00 bits per heavy atom. The highest BCUT2D eigenvalue weighted by molar-refractivity contribution is 6.34. The van der Waals surface area contributed by atoms with Gasteiger partial charge < -0.3 is 19.4 Å². The molecular formula is C17H15Cl2N3O4. The Hall–Kier alpha value is -2.35. The number of hydrogen-bond acceptors (Lipinski definition) is 5. The standard InChI is InChI=1S/C17H15Cl2N3O4/c1-8-13(14-16(26-8)21-7-22(2)17(14)25)15(24)20-6-12(23)9-3-10(18)5-11(19)4-9/h3-5,7,12,23H,6H2,1-2H3,(H,20,24). The summed E-state index contributed by atoms with van der Waals surface area (Å²) in [5.41, 5.74) is 0.274. The first-order chi connectivity index (χ1) is 12.3. The quantitative estimate of drug-likeness (QED) is 0.707. The Bertz CT molecular complexity index is 1040. The van der Waals surface area contributed by atoms with Crippen LogP contribution in [0.5, 0.6) is 0 Å². The lowest BCUT2D eigenvalue weighted by atomic mass is 10.1. The number of aryl methyl sites for hydroxylation is 2. The van der Waals surface area contributed by atoms with E-state index >= 15 is 0 Å². The molecule has 0 saturated heterocycles. The number of furan rings is 1. The third kappa shape index (κ3) is 3.46. The van der Waals surface area contributed by atoms with Gasteiger partial charge in [0.25, 0.3) is 11.5 Å². The molecule has 0 aliphatic heterocycles. The first-order valence-electron chi connectivity index (χ1n) is 7.65. The molecular weight excluding hydrogens is 381 g/mol. The number of carbonyl (C=O) groups excluding carboxylic acids is 1. The summed E-state index contributed by atoms with van der Waals surface area (Å²) in [6.45, 7) is 1.48. The summed E-state index contributed by atoms with van der Waals surface area (Å²) in [6.07, 6.45) is 0.302. The lowest BCUT2D eigenvalue weighted by Crippen LogP contribution is -2.30. The van der Waals surface area contributed by atoms with Crippen molar-refractivity contribution < 1.29 is 14.3 Å². The molecule has 1 amide bonds. The van der Waals surface area contributed by atoms with Crippen LogP contribution in [-0.4, -0.2) is 27.1 Å². The van der Waals surface area contributed by atoms with Gasteiger partial charge in [0, 0.05) is 23.6 Å². The van der Waals surface area contributed by atoms with E-state index in [9.17, 15) is 14.7 Å². The van der Waals surface area contributed by atoms with Crippen molar-refractivity contribution >= 4 is 40.2 Å². The SMILES string of the molecule is Cc1oc2ncn(C)c(=O)c2c1C(=O)NCC(O)c1cc(Cl)cc(Cl)c1. The van der Waals surface area contributed by atoms with Crippen LogP contribution in [0.1, 0.15) is 27.8 Å². The second kappa shape index (κ2) is 7.11. The molecule has 1 unspecified atom stereocenters. The molecule has 0 aliphatic carbocycles. The van der Waals surface area contributed by atoms with E-state index in [1.807, 2.05) is 0 Å². The van der Waals surface area contributed by atoms with Gasteiger partial charge in [-0.1, -0.05) is 23.2 Å². The van der Waals surface area contributed by atoms with Gasteiger partial charge in [-0.3, -0.25) is 9.59 Å². The number of aliphatic hydroxyl groups is 1. The Kier molecular flexibility index (Phi) is 5.04. The van der Waals surface area contributed by atoms with Crippen LogP contribution >= 0.6 is 23.2 Å². The number of aliphatic hydroxyl groups excluding tert-OH is 1. The molecule has 7 nitrogen and oxygen atoms in total. The summed E-state index contributed by atoms with van der Waals surface area (Å²) < 4.78 is 6.66. The van der Waals surface area contributed by atoms with Gasteiger partial charge >= 0.3 is 0 Å². The summed E-state index contributed by atoms with van der Waals surface area (Å²) in [5.74, 6) is -0.271. The minimum atomic E-state index is -1.02. The van der Waals surface area contributed by atoms with E-state index in [-0.39, 0.29) is 34.5 Å². The van der Waals surface area contributed by atoms with Gasteiger partial charge in [-0.2, -0.15) is 0 Å². The average molecular weight is 396 g/mol. The minimum absolute atomic E-state index is 0.0950. The molecule has 1 atom stereocenters. The summed E-state index contributed by atoms with van der Waals surface area (Å²) >= 11 is 11.8. The monoisotopic (exact) mass is 395 g/mol. The summed E-state index contributed by atoms with van der Waals surface area (Å²) in [5, 5.41) is 13.7. The van der Waals surface area contributed by atoms with Gasteiger partial charge in [-0.15, -0.1) is 0 Å². The van der Waals surface area contributed by atoms with Crippen LogP contribution in [0.25, 0.3) is 11.1 Å². The van der Waals surface area contributed by atoms with Crippen molar-refractivity contribution in [1.82, 2.24) is 14.9 Å². The summed E-state index contributed by atoms with van der Waals surface area (Å²) in [7, 11) is 1.53. The van der Waals surface area contributed by atoms with Gasteiger partial charge in [0.2, 0.25) is 5.71 Å². The number of fused-ring (bicyclic) bond motifs is 1. The van der Waals surface area contributed by atoms with E-state index in [4.69, 9.17) is 27.6 Å². The molecule has 2 heterocycles. The number of hydrogen-bond donors (Lipinski definition) is 2. The number of nitrogens with one attached hydrogen (secondary N) is 1. The number of halogens is 2. The third-order valence-electron chi connectivity index (χ3n) is 3.90. The highest BCUT2D eigenvalue weighted by Crippen LogP contribution is 2.24. The lowest BCUT2D eigenvalue weighted by Gasteiger charge is -2.13. The number of benzene rings is 1. The molecule has 26 heavy (non-hydrogen) atoms. The Morgan fingerprint density at radius 1 is 1.35 bits per heavy atom. The maximum atomic E-state index is 12.6. The van der Waals surface area contributed by atoms with E-state index in [0.717, 1.165) is 0 Å². The van der Waals surface area contributed by atoms with Crippen molar-refractivity contribution in [2.75, 3.05) is 6.54 Å². The van der Waals surface area contributed by atoms with E-state index < -0.39 is 12.0 Å². The number of nitrogens with zero attached hydrogens (tertiary/aromatic N) is 2.